The van der Waals surface area contributed by atoms with Gasteiger partial charge in [-0.2, -0.15) is 10.4 Å². The van der Waals surface area contributed by atoms with E-state index in [1.54, 1.807) is 32.0 Å². The van der Waals surface area contributed by atoms with E-state index < -0.39 is 5.56 Å². The molecule has 0 unspecified atom stereocenters. The van der Waals surface area contributed by atoms with Crippen LogP contribution in [0.15, 0.2) is 33.5 Å². The first-order chi connectivity index (χ1) is 9.93. The molecule has 0 bridgehead atoms. The van der Waals surface area contributed by atoms with Crippen LogP contribution in [-0.2, 0) is 6.54 Å². The summed E-state index contributed by atoms with van der Waals surface area (Å²) in [5.41, 5.74) is 1.09. The van der Waals surface area contributed by atoms with E-state index in [2.05, 4.69) is 21.0 Å². The van der Waals surface area contributed by atoms with Gasteiger partial charge in [-0.15, -0.1) is 0 Å². The minimum atomic E-state index is -0.538. The average molecular weight is 346 g/mol. The number of carbonyl (C=O) groups is 1. The van der Waals surface area contributed by atoms with Crippen LogP contribution < -0.4 is 5.56 Å². The molecule has 1 aromatic heterocycles. The molecule has 2 aromatic rings. The molecular formula is C15H12BrN3O2. The maximum Gasteiger partial charge on any atom is 0.285 e. The third-order valence-corrected chi connectivity index (χ3v) is 3.68. The SMILES string of the molecule is Cc1nn(CC(=O)c2cccc(Br)c2)c(=O)c(C#N)c1C. The second-order valence-electron chi connectivity index (χ2n) is 4.59. The minimum Gasteiger partial charge on any atom is -0.292 e. The van der Waals surface area contributed by atoms with Crippen molar-refractivity contribution < 1.29 is 4.79 Å². The van der Waals surface area contributed by atoms with Crippen molar-refractivity contribution in [3.63, 3.8) is 0 Å². The molecule has 6 heteroatoms. The lowest BCUT2D eigenvalue weighted by molar-refractivity contribution is 0.0965. The van der Waals surface area contributed by atoms with Crippen LogP contribution in [0, 0.1) is 25.2 Å². The Morgan fingerprint density at radius 1 is 1.43 bits per heavy atom. The average Bonchev–Trinajstić information content (AvgIpc) is 2.45. The van der Waals surface area contributed by atoms with E-state index >= 15 is 0 Å². The van der Waals surface area contributed by atoms with Crippen LogP contribution in [0.5, 0.6) is 0 Å². The van der Waals surface area contributed by atoms with Gasteiger partial charge in [0, 0.05) is 10.0 Å². The number of ketones is 1. The van der Waals surface area contributed by atoms with Crippen LogP contribution in [0.1, 0.15) is 27.2 Å². The predicted molar refractivity (Wildman–Crippen MR) is 81.2 cm³/mol. The van der Waals surface area contributed by atoms with Crippen molar-refractivity contribution in [3.05, 3.63) is 61.5 Å². The number of Topliss-reactive ketones (excluding diaryl/α,β-unsaturated/α-hetero) is 1. The third kappa shape index (κ3) is 3.09. The minimum absolute atomic E-state index is 0.0320. The molecule has 0 aliphatic carbocycles. The van der Waals surface area contributed by atoms with Crippen LogP contribution in [0.25, 0.3) is 0 Å². The lowest BCUT2D eigenvalue weighted by Gasteiger charge is -2.08. The molecule has 106 valence electrons. The molecule has 0 saturated carbocycles. The molecule has 0 fully saturated rings. The van der Waals surface area contributed by atoms with Gasteiger partial charge in [0.2, 0.25) is 0 Å². The van der Waals surface area contributed by atoms with Gasteiger partial charge in [-0.25, -0.2) is 4.68 Å². The number of hydrogen-bond acceptors (Lipinski definition) is 4. The number of aryl methyl sites for hydroxylation is 1. The Hall–Kier alpha value is -2.26. The highest BCUT2D eigenvalue weighted by Crippen LogP contribution is 2.12. The van der Waals surface area contributed by atoms with Gasteiger partial charge in [0.1, 0.15) is 18.2 Å². The monoisotopic (exact) mass is 345 g/mol. The largest absolute Gasteiger partial charge is 0.292 e. The van der Waals surface area contributed by atoms with E-state index in [9.17, 15) is 9.59 Å². The fraction of sp³-hybridized carbons (Fsp3) is 0.200. The summed E-state index contributed by atoms with van der Waals surface area (Å²) >= 11 is 3.29. The number of nitriles is 1. The van der Waals surface area contributed by atoms with Gasteiger partial charge in [-0.1, -0.05) is 28.1 Å². The second-order valence-corrected chi connectivity index (χ2v) is 5.51. The fourth-order valence-corrected chi connectivity index (χ4v) is 2.30. The maximum absolute atomic E-state index is 12.2. The lowest BCUT2D eigenvalue weighted by Crippen LogP contribution is -2.30. The standard InChI is InChI=1S/C15H12BrN3O2/c1-9-10(2)18-19(15(21)13(9)7-17)8-14(20)11-4-3-5-12(16)6-11/h3-6H,8H2,1-2H3. The molecule has 0 amide bonds. The highest BCUT2D eigenvalue weighted by Gasteiger charge is 2.14. The predicted octanol–water partition coefficient (Wildman–Crippen LogP) is 2.38. The molecule has 0 N–H and O–H groups in total. The smallest absolute Gasteiger partial charge is 0.285 e. The summed E-state index contributed by atoms with van der Waals surface area (Å²) in [5.74, 6) is -0.238. The maximum atomic E-state index is 12.2. The molecule has 0 aliphatic heterocycles. The van der Waals surface area contributed by atoms with Crippen LogP contribution in [0.4, 0.5) is 0 Å². The van der Waals surface area contributed by atoms with Gasteiger partial charge in [-0.05, 0) is 31.5 Å². The molecular weight excluding hydrogens is 334 g/mol. The van der Waals surface area contributed by atoms with Gasteiger partial charge < -0.3 is 0 Å². The zero-order valence-electron chi connectivity index (χ0n) is 11.6. The molecule has 0 saturated heterocycles. The van der Waals surface area contributed by atoms with Crippen LogP contribution in [0.3, 0.4) is 0 Å². The topological polar surface area (TPSA) is 75.8 Å². The molecule has 0 atom stereocenters. The zero-order valence-corrected chi connectivity index (χ0v) is 13.1. The number of halogens is 1. The zero-order chi connectivity index (χ0) is 15.6. The van der Waals surface area contributed by atoms with E-state index in [0.29, 0.717) is 16.8 Å². The van der Waals surface area contributed by atoms with Crippen molar-refractivity contribution >= 4 is 21.7 Å². The van der Waals surface area contributed by atoms with Crippen molar-refractivity contribution in [1.82, 2.24) is 9.78 Å². The highest BCUT2D eigenvalue weighted by atomic mass is 79.9. The number of nitrogens with zero attached hydrogens (tertiary/aromatic N) is 3. The van der Waals surface area contributed by atoms with Crippen molar-refractivity contribution in [2.24, 2.45) is 0 Å². The molecule has 0 spiro atoms. The first-order valence-corrected chi connectivity index (χ1v) is 7.00. The summed E-state index contributed by atoms with van der Waals surface area (Å²) < 4.78 is 1.83. The third-order valence-electron chi connectivity index (χ3n) is 3.19. The highest BCUT2D eigenvalue weighted by molar-refractivity contribution is 9.10. The molecule has 0 radical (unpaired) electrons. The summed E-state index contributed by atoms with van der Waals surface area (Å²) in [7, 11) is 0. The summed E-state index contributed by atoms with van der Waals surface area (Å²) in [6, 6.07) is 8.78. The first kappa shape index (κ1) is 15.1. The first-order valence-electron chi connectivity index (χ1n) is 6.21. The summed E-state index contributed by atoms with van der Waals surface area (Å²) in [6.07, 6.45) is 0. The van der Waals surface area contributed by atoms with E-state index in [1.807, 2.05) is 12.1 Å². The summed E-state index contributed by atoms with van der Waals surface area (Å²) in [4.78, 5) is 24.3. The summed E-state index contributed by atoms with van der Waals surface area (Å²) in [6.45, 7) is 3.18. The van der Waals surface area contributed by atoms with E-state index in [1.165, 1.54) is 0 Å². The Labute approximate surface area is 130 Å². The summed E-state index contributed by atoms with van der Waals surface area (Å²) in [5, 5.41) is 13.1. The molecule has 1 heterocycles. The Kier molecular flexibility index (Phi) is 4.34. The normalized spacial score (nSPS) is 10.2. The van der Waals surface area contributed by atoms with Crippen molar-refractivity contribution in [1.29, 1.82) is 5.26 Å². The van der Waals surface area contributed by atoms with E-state index in [4.69, 9.17) is 5.26 Å². The van der Waals surface area contributed by atoms with Crippen molar-refractivity contribution in [2.75, 3.05) is 0 Å². The quantitative estimate of drug-likeness (QED) is 0.800. The fourth-order valence-electron chi connectivity index (χ4n) is 1.90. The van der Waals surface area contributed by atoms with E-state index in [-0.39, 0.29) is 17.9 Å². The number of aromatic nitrogens is 2. The van der Waals surface area contributed by atoms with Crippen LogP contribution in [-0.4, -0.2) is 15.6 Å². The van der Waals surface area contributed by atoms with Gasteiger partial charge >= 0.3 is 0 Å². The number of rotatable bonds is 3. The van der Waals surface area contributed by atoms with Crippen molar-refractivity contribution in [2.45, 2.75) is 20.4 Å². The number of hydrogen-bond donors (Lipinski definition) is 0. The Bertz CT molecular complexity index is 819. The Morgan fingerprint density at radius 3 is 2.76 bits per heavy atom. The second kappa shape index (κ2) is 6.02. The Morgan fingerprint density at radius 2 is 2.14 bits per heavy atom. The van der Waals surface area contributed by atoms with Gasteiger partial charge in [0.05, 0.1) is 5.69 Å². The van der Waals surface area contributed by atoms with E-state index in [0.717, 1.165) is 9.15 Å². The molecule has 1 aromatic carbocycles. The molecule has 5 nitrogen and oxygen atoms in total. The van der Waals surface area contributed by atoms with Crippen molar-refractivity contribution in [3.8, 4) is 6.07 Å². The molecule has 21 heavy (non-hydrogen) atoms. The van der Waals surface area contributed by atoms with Gasteiger partial charge in [0.25, 0.3) is 5.56 Å². The van der Waals surface area contributed by atoms with Gasteiger partial charge in [0.15, 0.2) is 5.78 Å². The molecule has 2 rings (SSSR count). The Balaban J connectivity index is 2.41. The number of benzene rings is 1. The number of carbonyl (C=O) groups excluding carboxylic acids is 1. The van der Waals surface area contributed by atoms with Crippen LogP contribution in [0.2, 0.25) is 0 Å². The lowest BCUT2D eigenvalue weighted by atomic mass is 10.1. The van der Waals surface area contributed by atoms with Crippen LogP contribution >= 0.6 is 15.9 Å². The molecule has 0 aliphatic rings. The van der Waals surface area contributed by atoms with Gasteiger partial charge in [-0.3, -0.25) is 9.59 Å².